The summed E-state index contributed by atoms with van der Waals surface area (Å²) >= 11 is 0. The summed E-state index contributed by atoms with van der Waals surface area (Å²) in [6.07, 6.45) is 5.95. The van der Waals surface area contributed by atoms with Crippen molar-refractivity contribution in [2.24, 2.45) is 5.92 Å². The molecule has 1 aromatic carbocycles. The first-order chi connectivity index (χ1) is 19.4. The standard InChI is InChI=1S/C30H41N3O7/c1-3-10-23(18-27(35)32-16-8-14-24(32)19-34)28(36)33-17-9-15-25(33)21-39-29(37)26(11-4-2)31-30(38)40-20-22-12-6-5-7-13-22/h3-7,12-13,23-26,34H,1-2,8-11,14-21H2,(H,31,38)/t23-,24+,25+,26-/m1/s1. The molecule has 0 aromatic heterocycles. The number of likely N-dealkylation sites (tertiary alicyclic amines) is 2. The molecule has 1 aromatic rings. The highest BCUT2D eigenvalue weighted by Gasteiger charge is 2.37. The number of allylic oxidation sites excluding steroid dienone is 1. The Balaban J connectivity index is 1.54. The number of aliphatic hydroxyl groups is 1. The Morgan fingerprint density at radius 1 is 0.975 bits per heavy atom. The molecule has 0 unspecified atom stereocenters. The van der Waals surface area contributed by atoms with Crippen molar-refractivity contribution in [2.75, 3.05) is 26.3 Å². The van der Waals surface area contributed by atoms with Crippen LogP contribution < -0.4 is 5.32 Å². The minimum atomic E-state index is -0.975. The van der Waals surface area contributed by atoms with Crippen LogP contribution in [0.3, 0.4) is 0 Å². The Kier molecular flexibility index (Phi) is 12.2. The number of alkyl carbamates (subject to hydrolysis) is 1. The van der Waals surface area contributed by atoms with Gasteiger partial charge in [0.15, 0.2) is 0 Å². The smallest absolute Gasteiger partial charge is 0.408 e. The van der Waals surface area contributed by atoms with Gasteiger partial charge in [-0.3, -0.25) is 9.59 Å². The van der Waals surface area contributed by atoms with Crippen molar-refractivity contribution >= 4 is 23.9 Å². The molecule has 0 bridgehead atoms. The number of amides is 3. The highest BCUT2D eigenvalue weighted by Crippen LogP contribution is 2.26. The van der Waals surface area contributed by atoms with E-state index in [4.69, 9.17) is 9.47 Å². The zero-order chi connectivity index (χ0) is 28.9. The minimum Gasteiger partial charge on any atom is -0.462 e. The molecule has 10 heteroatoms. The number of hydrogen-bond acceptors (Lipinski definition) is 7. The number of rotatable bonds is 14. The van der Waals surface area contributed by atoms with E-state index in [-0.39, 0.29) is 56.6 Å². The molecule has 2 aliphatic heterocycles. The molecule has 2 saturated heterocycles. The predicted octanol–water partition coefficient (Wildman–Crippen LogP) is 2.96. The first-order valence-electron chi connectivity index (χ1n) is 13.9. The molecular formula is C30H41N3O7. The quantitative estimate of drug-likeness (QED) is 0.267. The first kappa shape index (κ1) is 30.9. The second kappa shape index (κ2) is 15.8. The highest BCUT2D eigenvalue weighted by atomic mass is 16.6. The van der Waals surface area contributed by atoms with Crippen LogP contribution in [0, 0.1) is 5.92 Å². The average Bonchev–Trinajstić information content (AvgIpc) is 3.64. The van der Waals surface area contributed by atoms with Crippen LogP contribution in [0.5, 0.6) is 0 Å². The summed E-state index contributed by atoms with van der Waals surface area (Å²) in [7, 11) is 0. The Morgan fingerprint density at radius 3 is 2.33 bits per heavy atom. The molecule has 0 radical (unpaired) electrons. The van der Waals surface area contributed by atoms with Gasteiger partial charge < -0.3 is 29.7 Å². The SMILES string of the molecule is C=CC[C@H](CC(=O)N1CCC[C@H]1CO)C(=O)N1CCC[C@H]1COC(=O)[C@@H](CC=C)NC(=O)OCc1ccccc1. The van der Waals surface area contributed by atoms with E-state index in [0.29, 0.717) is 25.9 Å². The average molecular weight is 556 g/mol. The van der Waals surface area contributed by atoms with Crippen molar-refractivity contribution in [2.45, 2.75) is 69.7 Å². The van der Waals surface area contributed by atoms with Gasteiger partial charge in [-0.25, -0.2) is 9.59 Å². The van der Waals surface area contributed by atoms with Gasteiger partial charge in [-0.2, -0.15) is 0 Å². The van der Waals surface area contributed by atoms with Crippen LogP contribution in [0.15, 0.2) is 55.6 Å². The maximum Gasteiger partial charge on any atom is 0.408 e. The van der Waals surface area contributed by atoms with Gasteiger partial charge >= 0.3 is 12.1 Å². The molecule has 40 heavy (non-hydrogen) atoms. The predicted molar refractivity (Wildman–Crippen MR) is 149 cm³/mol. The summed E-state index contributed by atoms with van der Waals surface area (Å²) in [6.45, 7) is 8.45. The number of benzene rings is 1. The number of nitrogens with zero attached hydrogens (tertiary/aromatic N) is 2. The molecule has 2 heterocycles. The zero-order valence-corrected chi connectivity index (χ0v) is 23.0. The molecule has 3 amide bonds. The molecule has 10 nitrogen and oxygen atoms in total. The van der Waals surface area contributed by atoms with Crippen LogP contribution >= 0.6 is 0 Å². The Morgan fingerprint density at radius 2 is 1.65 bits per heavy atom. The maximum atomic E-state index is 13.5. The molecule has 0 aliphatic carbocycles. The van der Waals surface area contributed by atoms with Crippen molar-refractivity contribution in [3.8, 4) is 0 Å². The third kappa shape index (κ3) is 8.67. The van der Waals surface area contributed by atoms with Crippen molar-refractivity contribution in [1.82, 2.24) is 15.1 Å². The van der Waals surface area contributed by atoms with Crippen LogP contribution in [-0.2, 0) is 30.5 Å². The van der Waals surface area contributed by atoms with Gasteiger partial charge in [0.25, 0.3) is 0 Å². The Bertz CT molecular complexity index is 1030. The molecule has 2 N–H and O–H groups in total. The number of esters is 1. The third-order valence-electron chi connectivity index (χ3n) is 7.40. The van der Waals surface area contributed by atoms with E-state index in [9.17, 15) is 24.3 Å². The van der Waals surface area contributed by atoms with E-state index in [1.807, 2.05) is 30.3 Å². The molecular weight excluding hydrogens is 514 g/mol. The number of hydrogen-bond donors (Lipinski definition) is 2. The van der Waals surface area contributed by atoms with E-state index in [1.165, 1.54) is 6.08 Å². The van der Waals surface area contributed by atoms with Crippen LogP contribution in [0.1, 0.15) is 50.5 Å². The highest BCUT2D eigenvalue weighted by molar-refractivity contribution is 5.87. The monoisotopic (exact) mass is 555 g/mol. The first-order valence-corrected chi connectivity index (χ1v) is 13.9. The summed E-state index contributed by atoms with van der Waals surface area (Å²) in [6, 6.07) is 7.68. The van der Waals surface area contributed by atoms with E-state index >= 15 is 0 Å². The second-order valence-electron chi connectivity index (χ2n) is 10.2. The lowest BCUT2D eigenvalue weighted by atomic mass is 9.98. The second-order valence-corrected chi connectivity index (χ2v) is 10.2. The fourth-order valence-corrected chi connectivity index (χ4v) is 5.25. The summed E-state index contributed by atoms with van der Waals surface area (Å²) < 4.78 is 10.8. The van der Waals surface area contributed by atoms with E-state index in [0.717, 1.165) is 24.8 Å². The molecule has 4 atom stereocenters. The summed E-state index contributed by atoms with van der Waals surface area (Å²) in [5, 5.41) is 12.1. The Labute approximate surface area is 236 Å². The van der Waals surface area contributed by atoms with Crippen LogP contribution in [-0.4, -0.2) is 83.2 Å². The van der Waals surface area contributed by atoms with Gasteiger partial charge in [0.05, 0.1) is 24.6 Å². The van der Waals surface area contributed by atoms with Gasteiger partial charge in [0, 0.05) is 19.5 Å². The van der Waals surface area contributed by atoms with Crippen LogP contribution in [0.4, 0.5) is 4.79 Å². The zero-order valence-electron chi connectivity index (χ0n) is 23.0. The number of carbonyl (C=O) groups excluding carboxylic acids is 4. The lowest BCUT2D eigenvalue weighted by Crippen LogP contribution is -2.46. The molecule has 218 valence electrons. The number of nitrogens with one attached hydrogen (secondary N) is 1. The van der Waals surface area contributed by atoms with Gasteiger partial charge in [0.1, 0.15) is 19.3 Å². The number of aliphatic hydroxyl groups excluding tert-OH is 1. The molecule has 0 saturated carbocycles. The van der Waals surface area contributed by atoms with Gasteiger partial charge in [-0.15, -0.1) is 13.2 Å². The maximum absolute atomic E-state index is 13.5. The van der Waals surface area contributed by atoms with Gasteiger partial charge in [0.2, 0.25) is 11.8 Å². The lowest BCUT2D eigenvalue weighted by Gasteiger charge is -2.30. The van der Waals surface area contributed by atoms with Gasteiger partial charge in [-0.1, -0.05) is 42.5 Å². The normalized spacial score (nSPS) is 19.9. The van der Waals surface area contributed by atoms with E-state index in [2.05, 4.69) is 18.5 Å². The lowest BCUT2D eigenvalue weighted by molar-refractivity contribution is -0.150. The number of carbonyl (C=O) groups is 4. The van der Waals surface area contributed by atoms with Crippen molar-refractivity contribution in [3.05, 3.63) is 61.2 Å². The summed E-state index contributed by atoms with van der Waals surface area (Å²) in [5.74, 6) is -1.53. The van der Waals surface area contributed by atoms with E-state index < -0.39 is 24.0 Å². The van der Waals surface area contributed by atoms with Crippen LogP contribution in [0.2, 0.25) is 0 Å². The molecule has 2 aliphatic rings. The number of ether oxygens (including phenoxy) is 2. The van der Waals surface area contributed by atoms with Crippen molar-refractivity contribution in [3.63, 3.8) is 0 Å². The largest absolute Gasteiger partial charge is 0.462 e. The molecule has 0 spiro atoms. The van der Waals surface area contributed by atoms with Crippen LogP contribution in [0.25, 0.3) is 0 Å². The summed E-state index contributed by atoms with van der Waals surface area (Å²) in [5.41, 5.74) is 0.816. The third-order valence-corrected chi connectivity index (χ3v) is 7.40. The molecule has 2 fully saturated rings. The fraction of sp³-hybridized carbons (Fsp3) is 0.533. The van der Waals surface area contributed by atoms with E-state index in [1.54, 1.807) is 15.9 Å². The molecule has 3 rings (SSSR count). The Hall–Kier alpha value is -3.66. The topological polar surface area (TPSA) is 125 Å². The summed E-state index contributed by atoms with van der Waals surface area (Å²) in [4.78, 5) is 54.9. The van der Waals surface area contributed by atoms with Gasteiger partial charge in [-0.05, 0) is 44.1 Å². The van der Waals surface area contributed by atoms with Crippen molar-refractivity contribution < 1.29 is 33.8 Å². The minimum absolute atomic E-state index is 0.0214. The van der Waals surface area contributed by atoms with Crippen molar-refractivity contribution in [1.29, 1.82) is 0 Å². The fourth-order valence-electron chi connectivity index (χ4n) is 5.25.